The number of esters is 1. The van der Waals surface area contributed by atoms with E-state index in [1.807, 2.05) is 39.0 Å². The van der Waals surface area contributed by atoms with Crippen LogP contribution in [0.25, 0.3) is 21.9 Å². The molecule has 0 aliphatic heterocycles. The highest BCUT2D eigenvalue weighted by Gasteiger charge is 2.25. The van der Waals surface area contributed by atoms with Gasteiger partial charge in [-0.3, -0.25) is 4.79 Å². The first-order valence-electron chi connectivity index (χ1n) is 11.4. The molecule has 4 N–H and O–H groups in total. The quantitative estimate of drug-likeness (QED) is 0.397. The number of imidazole rings is 1. The lowest BCUT2D eigenvalue weighted by atomic mass is 10.1. The van der Waals surface area contributed by atoms with Crippen LogP contribution in [0.15, 0.2) is 18.2 Å². The summed E-state index contributed by atoms with van der Waals surface area (Å²) in [6.07, 6.45) is 0.892. The van der Waals surface area contributed by atoms with Crippen molar-refractivity contribution in [1.29, 1.82) is 0 Å². The minimum Gasteiger partial charge on any atom is -0.466 e. The van der Waals surface area contributed by atoms with E-state index in [0.29, 0.717) is 63.7 Å². The lowest BCUT2D eigenvalue weighted by Crippen LogP contribution is -2.33. The number of carbonyl (C=O) groups excluding carboxylic acids is 1. The second kappa shape index (κ2) is 10.9. The fourth-order valence-corrected chi connectivity index (χ4v) is 3.87. The average molecular weight is 458 g/mol. The summed E-state index contributed by atoms with van der Waals surface area (Å²) in [6.45, 7) is 10.6. The average Bonchev–Trinajstić information content (AvgIpc) is 3.13. The van der Waals surface area contributed by atoms with E-state index >= 15 is 0 Å². The van der Waals surface area contributed by atoms with Crippen molar-refractivity contribution in [1.82, 2.24) is 14.5 Å². The summed E-state index contributed by atoms with van der Waals surface area (Å²) in [5.74, 6) is 0.916. The summed E-state index contributed by atoms with van der Waals surface area (Å²) in [5, 5.41) is 0.934. The van der Waals surface area contributed by atoms with Gasteiger partial charge >= 0.3 is 5.97 Å². The van der Waals surface area contributed by atoms with E-state index in [4.69, 9.17) is 30.7 Å². The van der Waals surface area contributed by atoms with Crippen molar-refractivity contribution in [3.05, 3.63) is 29.6 Å². The van der Waals surface area contributed by atoms with E-state index in [0.717, 1.165) is 27.8 Å². The molecule has 1 aromatic carbocycles. The highest BCUT2D eigenvalue weighted by molar-refractivity contribution is 6.06. The first-order chi connectivity index (χ1) is 15.8. The van der Waals surface area contributed by atoms with Gasteiger partial charge in [0.05, 0.1) is 36.4 Å². The van der Waals surface area contributed by atoms with Crippen molar-refractivity contribution >= 4 is 33.7 Å². The number of rotatable bonds is 12. The van der Waals surface area contributed by atoms with E-state index in [9.17, 15) is 4.79 Å². The van der Waals surface area contributed by atoms with E-state index in [2.05, 4.69) is 9.55 Å². The zero-order valence-electron chi connectivity index (χ0n) is 20.0. The molecule has 0 bridgehead atoms. The van der Waals surface area contributed by atoms with Crippen molar-refractivity contribution in [3.8, 4) is 0 Å². The number of nitrogens with zero attached hydrogens (tertiary/aromatic N) is 3. The van der Waals surface area contributed by atoms with Gasteiger partial charge in [0, 0.05) is 25.0 Å². The Morgan fingerprint density at radius 1 is 1.18 bits per heavy atom. The summed E-state index contributed by atoms with van der Waals surface area (Å²) >= 11 is 0. The zero-order chi connectivity index (χ0) is 24.0. The smallest absolute Gasteiger partial charge is 0.306 e. The molecule has 9 nitrogen and oxygen atoms in total. The first-order valence-corrected chi connectivity index (χ1v) is 11.4. The molecular weight excluding hydrogens is 422 g/mol. The van der Waals surface area contributed by atoms with Crippen LogP contribution in [-0.4, -0.2) is 52.5 Å². The summed E-state index contributed by atoms with van der Waals surface area (Å²) < 4.78 is 18.8. The van der Waals surface area contributed by atoms with Gasteiger partial charge in [-0.25, -0.2) is 9.97 Å². The Morgan fingerprint density at radius 3 is 2.67 bits per heavy atom. The van der Waals surface area contributed by atoms with Crippen molar-refractivity contribution in [2.75, 3.05) is 32.1 Å². The largest absolute Gasteiger partial charge is 0.466 e. The van der Waals surface area contributed by atoms with Gasteiger partial charge in [0.2, 0.25) is 0 Å². The lowest BCUT2D eigenvalue weighted by Gasteiger charge is -2.27. The number of aryl methyl sites for hydroxylation is 1. The van der Waals surface area contributed by atoms with Gasteiger partial charge in [-0.1, -0.05) is 12.1 Å². The van der Waals surface area contributed by atoms with Crippen molar-refractivity contribution in [2.45, 2.75) is 59.3 Å². The zero-order valence-corrected chi connectivity index (χ0v) is 20.0. The van der Waals surface area contributed by atoms with Crippen molar-refractivity contribution in [3.63, 3.8) is 0 Å². The molecule has 3 aromatic rings. The van der Waals surface area contributed by atoms with Crippen molar-refractivity contribution < 1.29 is 19.0 Å². The van der Waals surface area contributed by atoms with E-state index in [-0.39, 0.29) is 5.97 Å². The van der Waals surface area contributed by atoms with Crippen LogP contribution in [-0.2, 0) is 38.6 Å². The molecule has 0 radical (unpaired) electrons. The molecule has 0 aliphatic rings. The van der Waals surface area contributed by atoms with Crippen LogP contribution in [0.1, 0.15) is 45.5 Å². The molecule has 0 fully saturated rings. The second-order valence-electron chi connectivity index (χ2n) is 8.50. The van der Waals surface area contributed by atoms with Gasteiger partial charge in [-0.2, -0.15) is 0 Å². The molecule has 0 saturated heterocycles. The van der Waals surface area contributed by atoms with E-state index < -0.39 is 5.60 Å². The van der Waals surface area contributed by atoms with E-state index in [1.54, 1.807) is 6.92 Å². The molecule has 0 amide bonds. The lowest BCUT2D eigenvalue weighted by molar-refractivity contribution is -0.143. The summed E-state index contributed by atoms with van der Waals surface area (Å²) in [6, 6.07) is 6.00. The molecule has 33 heavy (non-hydrogen) atoms. The number of fused-ring (bicyclic) bond motifs is 3. The molecule has 2 heterocycles. The predicted molar refractivity (Wildman–Crippen MR) is 129 cm³/mol. The molecule has 0 atom stereocenters. The molecule has 180 valence electrons. The Labute approximate surface area is 194 Å². The number of carbonyl (C=O) groups is 1. The Hall–Kier alpha value is -2.75. The number of hydrogen-bond donors (Lipinski definition) is 2. The fraction of sp³-hybridized carbons (Fsp3) is 0.542. The first kappa shape index (κ1) is 24.9. The maximum atomic E-state index is 11.7. The third-order valence-electron chi connectivity index (χ3n) is 5.36. The SMILES string of the molecule is CCOCc1nc2c(N)nc3cc(CCC(=O)OCC)ccc3c2n1CC(C)(C)OCCN. The van der Waals surface area contributed by atoms with Crippen LogP contribution >= 0.6 is 0 Å². The molecular formula is C24H35N5O4. The summed E-state index contributed by atoms with van der Waals surface area (Å²) in [7, 11) is 0. The van der Waals surface area contributed by atoms with Gasteiger partial charge in [-0.05, 0) is 45.7 Å². The van der Waals surface area contributed by atoms with Gasteiger partial charge in [0.25, 0.3) is 0 Å². The number of ether oxygens (including phenoxy) is 3. The Kier molecular flexibility index (Phi) is 8.23. The van der Waals surface area contributed by atoms with Crippen LogP contribution in [0.5, 0.6) is 0 Å². The van der Waals surface area contributed by atoms with Gasteiger partial charge in [-0.15, -0.1) is 0 Å². The molecule has 0 aliphatic carbocycles. The summed E-state index contributed by atoms with van der Waals surface area (Å²) in [5.41, 5.74) is 14.8. The predicted octanol–water partition coefficient (Wildman–Crippen LogP) is 2.95. The monoisotopic (exact) mass is 457 g/mol. The number of anilines is 1. The van der Waals surface area contributed by atoms with Crippen LogP contribution in [0, 0.1) is 0 Å². The van der Waals surface area contributed by atoms with E-state index in [1.165, 1.54) is 0 Å². The molecule has 9 heteroatoms. The van der Waals surface area contributed by atoms with Gasteiger partial charge in [0.15, 0.2) is 5.82 Å². The minimum absolute atomic E-state index is 0.209. The number of pyridine rings is 1. The normalized spacial score (nSPS) is 12.0. The summed E-state index contributed by atoms with van der Waals surface area (Å²) in [4.78, 5) is 21.1. The van der Waals surface area contributed by atoms with Crippen LogP contribution in [0.2, 0.25) is 0 Å². The third-order valence-corrected chi connectivity index (χ3v) is 5.36. The molecule has 0 spiro atoms. The maximum Gasteiger partial charge on any atom is 0.306 e. The number of hydrogen-bond acceptors (Lipinski definition) is 8. The number of aromatic nitrogens is 3. The number of nitrogens with two attached hydrogens (primary N) is 2. The Morgan fingerprint density at radius 2 is 1.97 bits per heavy atom. The Balaban J connectivity index is 2.07. The number of nitrogen functional groups attached to an aromatic ring is 1. The molecule has 2 aromatic heterocycles. The van der Waals surface area contributed by atoms with Crippen molar-refractivity contribution in [2.24, 2.45) is 5.73 Å². The molecule has 3 rings (SSSR count). The highest BCUT2D eigenvalue weighted by Crippen LogP contribution is 2.31. The maximum absolute atomic E-state index is 11.7. The topological polar surface area (TPSA) is 128 Å². The van der Waals surface area contributed by atoms with Gasteiger partial charge < -0.3 is 30.2 Å². The van der Waals surface area contributed by atoms with Gasteiger partial charge in [0.1, 0.15) is 17.9 Å². The third kappa shape index (κ3) is 5.98. The number of benzene rings is 1. The van der Waals surface area contributed by atoms with Crippen LogP contribution in [0.3, 0.4) is 0 Å². The molecule has 0 saturated carbocycles. The van der Waals surface area contributed by atoms with Crippen LogP contribution in [0.4, 0.5) is 5.82 Å². The fourth-order valence-electron chi connectivity index (χ4n) is 3.87. The minimum atomic E-state index is -0.474. The standard InChI is InChI=1S/C24H35N5O4/c1-5-31-14-19-28-21-22(29(19)15-24(3,4)33-12-11-25)17-9-7-16(8-10-20(30)32-6-2)13-18(17)27-23(21)26/h7,9,13H,5-6,8,10-12,14-15,25H2,1-4H3,(H2,26,27). The molecule has 0 unspecified atom stereocenters. The second-order valence-corrected chi connectivity index (χ2v) is 8.50. The highest BCUT2D eigenvalue weighted by atomic mass is 16.5. The Bertz CT molecular complexity index is 1110. The van der Waals surface area contributed by atoms with Crippen LogP contribution < -0.4 is 11.5 Å².